The van der Waals surface area contributed by atoms with E-state index in [1.807, 2.05) is 47.3 Å². The van der Waals surface area contributed by atoms with Gasteiger partial charge in [-0.2, -0.15) is 9.82 Å². The average molecular weight is 632 g/mol. The van der Waals surface area contributed by atoms with Gasteiger partial charge in [-0.15, -0.1) is 0 Å². The van der Waals surface area contributed by atoms with Gasteiger partial charge in [0.1, 0.15) is 6.04 Å². The number of aliphatic imine (C=N–C) groups is 1. The van der Waals surface area contributed by atoms with Crippen molar-refractivity contribution < 1.29 is 23.1 Å². The number of rotatable bonds is 13. The normalized spacial score (nSPS) is 15.6. The van der Waals surface area contributed by atoms with Crippen LogP contribution in [0.25, 0.3) is 22.0 Å². The maximum atomic E-state index is 13.4. The fourth-order valence-electron chi connectivity index (χ4n) is 5.48. The van der Waals surface area contributed by atoms with Crippen LogP contribution in [-0.2, 0) is 21.4 Å². The molecule has 4 aromatic rings. The first-order chi connectivity index (χ1) is 21.6. The molecule has 13 heteroatoms. The number of nitrogens with zero attached hydrogens (tertiary/aromatic N) is 3. The third-order valence-electron chi connectivity index (χ3n) is 7.58. The summed E-state index contributed by atoms with van der Waals surface area (Å²) >= 11 is 0. The van der Waals surface area contributed by atoms with E-state index >= 15 is 0 Å². The molecule has 0 aliphatic carbocycles. The lowest BCUT2D eigenvalue weighted by Gasteiger charge is -2.19. The number of carboxylic acids is 1. The molecule has 0 fully saturated rings. The zero-order valence-corrected chi connectivity index (χ0v) is 26.0. The fraction of sp³-hybridized carbons (Fsp3) is 0.312. The van der Waals surface area contributed by atoms with E-state index in [2.05, 4.69) is 30.8 Å². The molecule has 2 atom stereocenters. The second-order valence-electron chi connectivity index (χ2n) is 10.9. The van der Waals surface area contributed by atoms with Crippen molar-refractivity contribution in [2.45, 2.75) is 50.5 Å². The van der Waals surface area contributed by atoms with E-state index in [9.17, 15) is 23.1 Å². The molecule has 1 aromatic heterocycles. The number of nitrogens with one attached hydrogen (secondary N) is 4. The number of hydrogen-bond donors (Lipinski definition) is 5. The quantitative estimate of drug-likeness (QED) is 0.141. The van der Waals surface area contributed by atoms with Crippen molar-refractivity contribution >= 4 is 39.0 Å². The molecule has 3 aromatic carbocycles. The standard InChI is InChI=1S/C32H37N7O5S/c1-21-17-24(23-9-4-3-5-10-23)18-22(2)29(21)45(43,44)38-27(31(41)42)20-36-30(40)25-11-6-12-28-26(25)19-37-39(28)16-8-15-35-32-33-13-7-14-34-32/h3-6,9-13,17-19,27,32,34-35,38H,7-8,14-16,20H2,1-2H3,(H,36,40)(H,41,42). The van der Waals surface area contributed by atoms with Crippen molar-refractivity contribution in [2.75, 3.05) is 19.6 Å². The van der Waals surface area contributed by atoms with E-state index < -0.39 is 34.5 Å². The van der Waals surface area contributed by atoms with Crippen molar-refractivity contribution in [1.82, 2.24) is 30.5 Å². The van der Waals surface area contributed by atoms with Gasteiger partial charge >= 0.3 is 5.97 Å². The van der Waals surface area contributed by atoms with Crippen LogP contribution in [0.1, 0.15) is 34.3 Å². The van der Waals surface area contributed by atoms with Gasteiger partial charge in [0, 0.05) is 37.8 Å². The number of carbonyl (C=O) groups excluding carboxylic acids is 1. The Morgan fingerprint density at radius 2 is 1.82 bits per heavy atom. The summed E-state index contributed by atoms with van der Waals surface area (Å²) in [4.78, 5) is 29.7. The van der Waals surface area contributed by atoms with Crippen LogP contribution in [0.3, 0.4) is 0 Å². The number of carbonyl (C=O) groups is 2. The predicted octanol–water partition coefficient (Wildman–Crippen LogP) is 2.81. The van der Waals surface area contributed by atoms with Gasteiger partial charge < -0.3 is 10.4 Å². The lowest BCUT2D eigenvalue weighted by molar-refractivity contribution is -0.138. The number of carboxylic acid groups (broad SMARTS) is 1. The number of sulfonamides is 1. The van der Waals surface area contributed by atoms with Crippen molar-refractivity contribution in [3.8, 4) is 11.1 Å². The number of hydrogen-bond acceptors (Lipinski definition) is 8. The van der Waals surface area contributed by atoms with Crippen LogP contribution in [0.5, 0.6) is 0 Å². The number of aromatic nitrogens is 2. The number of aryl methyl sites for hydroxylation is 3. The molecule has 0 spiro atoms. The predicted molar refractivity (Wildman–Crippen MR) is 173 cm³/mol. The third kappa shape index (κ3) is 7.63. The summed E-state index contributed by atoms with van der Waals surface area (Å²) in [6, 6.07) is 16.7. The molecule has 236 valence electrons. The molecule has 0 saturated carbocycles. The summed E-state index contributed by atoms with van der Waals surface area (Å²) < 4.78 is 30.9. The fourth-order valence-corrected chi connectivity index (χ4v) is 7.12. The van der Waals surface area contributed by atoms with Crippen LogP contribution in [0.15, 0.2) is 76.7 Å². The van der Waals surface area contributed by atoms with Gasteiger partial charge in [0.2, 0.25) is 10.0 Å². The Balaban J connectivity index is 1.24. The Morgan fingerprint density at radius 3 is 2.51 bits per heavy atom. The molecule has 5 rings (SSSR count). The minimum atomic E-state index is -4.24. The number of amides is 1. The summed E-state index contributed by atoms with van der Waals surface area (Å²) in [6.07, 6.45) is 5.13. The average Bonchev–Trinajstić information content (AvgIpc) is 3.44. The van der Waals surface area contributed by atoms with E-state index in [-0.39, 0.29) is 11.2 Å². The molecule has 45 heavy (non-hydrogen) atoms. The van der Waals surface area contributed by atoms with Gasteiger partial charge in [0.05, 0.1) is 22.2 Å². The smallest absolute Gasteiger partial charge is 0.323 e. The molecule has 0 radical (unpaired) electrons. The van der Waals surface area contributed by atoms with E-state index in [0.717, 1.165) is 42.6 Å². The lowest BCUT2D eigenvalue weighted by Crippen LogP contribution is -2.48. The van der Waals surface area contributed by atoms with Gasteiger partial charge in [-0.1, -0.05) is 48.5 Å². The summed E-state index contributed by atoms with van der Waals surface area (Å²) in [7, 11) is -4.24. The largest absolute Gasteiger partial charge is 0.480 e. The van der Waals surface area contributed by atoms with Gasteiger partial charge in [0.25, 0.3) is 5.91 Å². The summed E-state index contributed by atoms with van der Waals surface area (Å²) in [5.74, 6) is -1.95. The van der Waals surface area contributed by atoms with Crippen LogP contribution in [0.4, 0.5) is 0 Å². The molecule has 2 heterocycles. The highest BCUT2D eigenvalue weighted by molar-refractivity contribution is 7.89. The Kier molecular flexibility index (Phi) is 10.0. The molecule has 2 unspecified atom stereocenters. The zero-order valence-electron chi connectivity index (χ0n) is 25.2. The van der Waals surface area contributed by atoms with Gasteiger partial charge in [-0.05, 0) is 61.1 Å². The van der Waals surface area contributed by atoms with E-state index in [4.69, 9.17) is 0 Å². The summed E-state index contributed by atoms with van der Waals surface area (Å²) in [5.41, 5.74) is 3.82. The number of fused-ring (bicyclic) bond motifs is 1. The Bertz CT molecular complexity index is 1800. The highest BCUT2D eigenvalue weighted by atomic mass is 32.2. The number of benzene rings is 3. The van der Waals surface area contributed by atoms with Gasteiger partial charge in [-0.25, -0.2) is 8.42 Å². The van der Waals surface area contributed by atoms with Crippen LogP contribution >= 0.6 is 0 Å². The van der Waals surface area contributed by atoms with Gasteiger partial charge in [0.15, 0.2) is 6.29 Å². The molecule has 5 N–H and O–H groups in total. The zero-order chi connectivity index (χ0) is 32.0. The molecule has 0 bridgehead atoms. The van der Waals surface area contributed by atoms with Crippen LogP contribution in [-0.4, -0.2) is 73.4 Å². The SMILES string of the molecule is Cc1cc(-c2ccccc2)cc(C)c1S(=O)(=O)NC(CNC(=O)c1cccc2c1cnn2CCCNC1N=CCCN1)C(=O)O. The molecule has 1 aliphatic heterocycles. The maximum absolute atomic E-state index is 13.4. The third-order valence-corrected chi connectivity index (χ3v) is 9.36. The summed E-state index contributed by atoms with van der Waals surface area (Å²) in [5, 5.41) is 24.1. The van der Waals surface area contributed by atoms with Crippen molar-refractivity contribution in [1.29, 1.82) is 0 Å². The van der Waals surface area contributed by atoms with Crippen molar-refractivity contribution in [3.05, 3.63) is 83.6 Å². The molecule has 12 nitrogen and oxygen atoms in total. The van der Waals surface area contributed by atoms with E-state index in [1.54, 1.807) is 44.3 Å². The molecule has 1 amide bonds. The monoisotopic (exact) mass is 631 g/mol. The van der Waals surface area contributed by atoms with Crippen molar-refractivity contribution in [2.24, 2.45) is 4.99 Å². The number of aliphatic carboxylic acids is 1. The Hall–Kier alpha value is -4.43. The topological polar surface area (TPSA) is 167 Å². The van der Waals surface area contributed by atoms with Crippen LogP contribution in [0.2, 0.25) is 0 Å². The first-order valence-electron chi connectivity index (χ1n) is 14.8. The first-order valence-corrected chi connectivity index (χ1v) is 16.3. The molecule has 1 aliphatic rings. The van der Waals surface area contributed by atoms with Crippen LogP contribution < -0.4 is 20.7 Å². The van der Waals surface area contributed by atoms with Crippen molar-refractivity contribution in [3.63, 3.8) is 0 Å². The Morgan fingerprint density at radius 1 is 1.07 bits per heavy atom. The minimum absolute atomic E-state index is 0.00914. The van der Waals surface area contributed by atoms with Gasteiger partial charge in [-0.3, -0.25) is 29.9 Å². The minimum Gasteiger partial charge on any atom is -0.480 e. The second kappa shape index (κ2) is 14.1. The summed E-state index contributed by atoms with van der Waals surface area (Å²) in [6.45, 7) is 5.11. The first kappa shape index (κ1) is 32.0. The lowest BCUT2D eigenvalue weighted by atomic mass is 10.0. The highest BCUT2D eigenvalue weighted by Crippen LogP contribution is 2.28. The van der Waals surface area contributed by atoms with Crippen LogP contribution in [0, 0.1) is 13.8 Å². The molecular formula is C32H37N7O5S. The molecule has 0 saturated heterocycles. The van der Waals surface area contributed by atoms with E-state index in [1.165, 1.54) is 0 Å². The highest BCUT2D eigenvalue weighted by Gasteiger charge is 2.29. The molecular weight excluding hydrogens is 594 g/mol. The van der Waals surface area contributed by atoms with E-state index in [0.29, 0.717) is 28.6 Å². The Labute approximate surface area is 262 Å². The maximum Gasteiger partial charge on any atom is 0.323 e. The second-order valence-corrected chi connectivity index (χ2v) is 12.6.